The highest BCUT2D eigenvalue weighted by Crippen LogP contribution is 2.36. The van der Waals surface area contributed by atoms with Gasteiger partial charge in [-0.2, -0.15) is 18.7 Å². The lowest BCUT2D eigenvalue weighted by Gasteiger charge is -2.14. The second-order valence-corrected chi connectivity index (χ2v) is 7.53. The lowest BCUT2D eigenvalue weighted by Crippen LogP contribution is -2.16. The SMILES string of the molecule is COc1nc(NS(=O)(=O)c2c[nH]c3nc(Br)ccc23)nc(OC)c1OC(F)F. The molecule has 0 radical (unpaired) electrons. The molecule has 3 heterocycles. The van der Waals surface area contributed by atoms with Gasteiger partial charge in [-0.15, -0.1) is 0 Å². The van der Waals surface area contributed by atoms with Gasteiger partial charge in [0, 0.05) is 11.6 Å². The van der Waals surface area contributed by atoms with E-state index in [1.54, 1.807) is 12.1 Å². The molecule has 0 amide bonds. The molecule has 3 aromatic rings. The Bertz CT molecular complexity index is 1100. The summed E-state index contributed by atoms with van der Waals surface area (Å²) >= 11 is 3.19. The topological polar surface area (TPSA) is 128 Å². The highest BCUT2D eigenvalue weighted by Gasteiger charge is 2.25. The largest absolute Gasteiger partial charge is 0.478 e. The monoisotopic (exact) mass is 479 g/mol. The average Bonchev–Trinajstić information content (AvgIpc) is 3.05. The van der Waals surface area contributed by atoms with Gasteiger partial charge < -0.3 is 19.2 Å². The molecule has 28 heavy (non-hydrogen) atoms. The molecule has 0 saturated heterocycles. The number of aromatic nitrogens is 4. The molecule has 0 bridgehead atoms. The van der Waals surface area contributed by atoms with E-state index in [-0.39, 0.29) is 4.90 Å². The smallest absolute Gasteiger partial charge is 0.387 e. The molecule has 10 nitrogen and oxygen atoms in total. The number of halogens is 3. The number of alkyl halides is 2. The van der Waals surface area contributed by atoms with E-state index in [2.05, 4.69) is 45.3 Å². The Labute approximate surface area is 165 Å². The summed E-state index contributed by atoms with van der Waals surface area (Å²) in [6.07, 6.45) is 1.25. The van der Waals surface area contributed by atoms with Gasteiger partial charge in [-0.05, 0) is 28.1 Å². The van der Waals surface area contributed by atoms with Gasteiger partial charge in [0.15, 0.2) is 0 Å². The Morgan fingerprint density at radius 3 is 2.36 bits per heavy atom. The highest BCUT2D eigenvalue weighted by molar-refractivity contribution is 9.10. The van der Waals surface area contributed by atoms with E-state index in [1.165, 1.54) is 6.20 Å². The Hall–Kier alpha value is -2.74. The van der Waals surface area contributed by atoms with Gasteiger partial charge >= 0.3 is 6.61 Å². The number of rotatable bonds is 7. The zero-order valence-corrected chi connectivity index (χ0v) is 16.6. The normalized spacial score (nSPS) is 11.6. The van der Waals surface area contributed by atoms with Crippen molar-refractivity contribution in [3.8, 4) is 17.5 Å². The second kappa shape index (κ2) is 7.71. The van der Waals surface area contributed by atoms with Gasteiger partial charge in [-0.25, -0.2) is 18.1 Å². The molecule has 2 N–H and O–H groups in total. The molecule has 0 fully saturated rings. The third-order valence-corrected chi connectivity index (χ3v) is 5.19. The number of sulfonamides is 1. The van der Waals surface area contributed by atoms with Crippen LogP contribution in [0.2, 0.25) is 0 Å². The zero-order chi connectivity index (χ0) is 20.5. The first-order chi connectivity index (χ1) is 13.2. The van der Waals surface area contributed by atoms with Crippen molar-refractivity contribution < 1.29 is 31.4 Å². The van der Waals surface area contributed by atoms with E-state index in [1.807, 2.05) is 0 Å². The first kappa shape index (κ1) is 20.0. The van der Waals surface area contributed by atoms with Gasteiger partial charge in [0.25, 0.3) is 21.8 Å². The quantitative estimate of drug-likeness (QED) is 0.494. The molecular weight excluding hydrogens is 468 g/mol. The maximum atomic E-state index is 12.7. The molecular formula is C14H12BrF2N5O5S. The van der Waals surface area contributed by atoms with Crippen LogP contribution in [-0.4, -0.2) is 49.2 Å². The highest BCUT2D eigenvalue weighted by atomic mass is 79.9. The molecule has 150 valence electrons. The summed E-state index contributed by atoms with van der Waals surface area (Å²) in [5.74, 6) is -1.90. The molecule has 0 spiro atoms. The van der Waals surface area contributed by atoms with Crippen LogP contribution < -0.4 is 18.9 Å². The molecule has 0 aliphatic heterocycles. The summed E-state index contributed by atoms with van der Waals surface area (Å²) in [4.78, 5) is 14.2. The van der Waals surface area contributed by atoms with E-state index in [0.29, 0.717) is 15.6 Å². The third-order valence-electron chi connectivity index (χ3n) is 3.38. The average molecular weight is 480 g/mol. The lowest BCUT2D eigenvalue weighted by atomic mass is 10.3. The van der Waals surface area contributed by atoms with Crippen LogP contribution in [0.5, 0.6) is 17.5 Å². The summed E-state index contributed by atoms with van der Waals surface area (Å²) in [6, 6.07) is 3.13. The fourth-order valence-corrected chi connectivity index (χ4v) is 3.70. The summed E-state index contributed by atoms with van der Waals surface area (Å²) in [5.41, 5.74) is 0.339. The molecule has 0 unspecified atom stereocenters. The van der Waals surface area contributed by atoms with Crippen LogP contribution >= 0.6 is 15.9 Å². The van der Waals surface area contributed by atoms with Gasteiger partial charge in [-0.1, -0.05) is 0 Å². The van der Waals surface area contributed by atoms with E-state index in [0.717, 1.165) is 14.2 Å². The summed E-state index contributed by atoms with van der Waals surface area (Å²) < 4.78 is 67.3. The number of fused-ring (bicyclic) bond motifs is 1. The molecule has 14 heteroatoms. The Morgan fingerprint density at radius 1 is 1.14 bits per heavy atom. The van der Waals surface area contributed by atoms with Crippen LogP contribution in [0.15, 0.2) is 27.8 Å². The first-order valence-corrected chi connectivity index (χ1v) is 9.64. The summed E-state index contributed by atoms with van der Waals surface area (Å²) in [5, 5.41) is 0.326. The van der Waals surface area contributed by atoms with Crippen LogP contribution in [0.3, 0.4) is 0 Å². The molecule has 3 aromatic heterocycles. The molecule has 0 aromatic carbocycles. The van der Waals surface area contributed by atoms with Crippen molar-refractivity contribution in [2.75, 3.05) is 18.9 Å². The number of hydrogen-bond donors (Lipinski definition) is 2. The lowest BCUT2D eigenvalue weighted by molar-refractivity contribution is -0.0533. The van der Waals surface area contributed by atoms with Crippen LogP contribution in [0.1, 0.15) is 0 Å². The van der Waals surface area contributed by atoms with Crippen LogP contribution in [0.25, 0.3) is 11.0 Å². The van der Waals surface area contributed by atoms with Crippen molar-refractivity contribution in [2.45, 2.75) is 11.5 Å². The molecule has 3 rings (SSSR count). The maximum Gasteiger partial charge on any atom is 0.387 e. The van der Waals surface area contributed by atoms with Gasteiger partial charge in [-0.3, -0.25) is 0 Å². The number of hydrogen-bond acceptors (Lipinski definition) is 8. The van der Waals surface area contributed by atoms with Crippen LogP contribution in [-0.2, 0) is 10.0 Å². The molecule has 0 atom stereocenters. The standard InChI is InChI=1S/C14H12BrF2N5O5S/c1-25-11-9(27-13(16)17)12(26-2)21-14(20-11)22-28(23,24)7-5-18-10-6(7)3-4-8(15)19-10/h3-5,13H,1-2H3,(H,18,19)(H,20,21,22). The minimum absolute atomic E-state index is 0.114. The van der Waals surface area contributed by atoms with Crippen molar-refractivity contribution >= 4 is 42.9 Å². The molecule has 0 aliphatic carbocycles. The Kier molecular flexibility index (Phi) is 5.51. The van der Waals surface area contributed by atoms with Crippen LogP contribution in [0.4, 0.5) is 14.7 Å². The number of H-pyrrole nitrogens is 1. The molecule has 0 saturated carbocycles. The van der Waals surface area contributed by atoms with Gasteiger partial charge in [0.1, 0.15) is 15.1 Å². The second-order valence-electron chi connectivity index (χ2n) is 5.06. The van der Waals surface area contributed by atoms with Crippen molar-refractivity contribution in [2.24, 2.45) is 0 Å². The summed E-state index contributed by atoms with van der Waals surface area (Å²) in [6.45, 7) is -3.19. The minimum Gasteiger partial charge on any atom is -0.478 e. The van der Waals surface area contributed by atoms with E-state index in [4.69, 9.17) is 9.47 Å². The zero-order valence-electron chi connectivity index (χ0n) is 14.2. The fourth-order valence-electron chi connectivity index (χ4n) is 2.28. The maximum absolute atomic E-state index is 12.7. The van der Waals surface area contributed by atoms with Crippen molar-refractivity contribution in [1.82, 2.24) is 19.9 Å². The van der Waals surface area contributed by atoms with Crippen LogP contribution in [0, 0.1) is 0 Å². The predicted molar refractivity (Wildman–Crippen MR) is 96.4 cm³/mol. The van der Waals surface area contributed by atoms with Crippen molar-refractivity contribution in [3.63, 3.8) is 0 Å². The summed E-state index contributed by atoms with van der Waals surface area (Å²) in [7, 11) is -1.88. The first-order valence-electron chi connectivity index (χ1n) is 7.36. The Morgan fingerprint density at radius 2 is 1.79 bits per heavy atom. The van der Waals surface area contributed by atoms with Gasteiger partial charge in [0.05, 0.1) is 14.2 Å². The van der Waals surface area contributed by atoms with Crippen molar-refractivity contribution in [3.05, 3.63) is 22.9 Å². The van der Waals surface area contributed by atoms with E-state index >= 15 is 0 Å². The minimum atomic E-state index is -4.16. The number of pyridine rings is 1. The third kappa shape index (κ3) is 3.91. The number of anilines is 1. The predicted octanol–water partition coefficient (Wildman–Crippen LogP) is 2.53. The number of ether oxygens (including phenoxy) is 3. The van der Waals surface area contributed by atoms with Gasteiger partial charge in [0.2, 0.25) is 11.7 Å². The molecule has 0 aliphatic rings. The van der Waals surface area contributed by atoms with Crippen molar-refractivity contribution in [1.29, 1.82) is 0 Å². The van der Waals surface area contributed by atoms with E-state index in [9.17, 15) is 17.2 Å². The fraction of sp³-hybridized carbons (Fsp3) is 0.214. The Balaban J connectivity index is 2.01. The number of nitrogens with zero attached hydrogens (tertiary/aromatic N) is 3. The number of nitrogens with one attached hydrogen (secondary N) is 2. The van der Waals surface area contributed by atoms with E-state index < -0.39 is 40.1 Å². The number of aromatic amines is 1. The number of methoxy groups -OCH3 is 2.